The van der Waals surface area contributed by atoms with Crippen molar-refractivity contribution < 1.29 is 14.3 Å². The number of alkyl halides is 1. The van der Waals surface area contributed by atoms with Gasteiger partial charge in [-0.15, -0.1) is 11.6 Å². The van der Waals surface area contributed by atoms with Gasteiger partial charge in [0.05, 0.1) is 12.2 Å². The van der Waals surface area contributed by atoms with Crippen LogP contribution in [0.5, 0.6) is 0 Å². The molecule has 1 aliphatic rings. The number of carbonyl (C=O) groups excluding carboxylic acids is 1. The molecular formula is C14H25ClO3. The Kier molecular flexibility index (Phi) is 6.44. The van der Waals surface area contributed by atoms with Gasteiger partial charge in [-0.25, -0.2) is 4.79 Å². The number of hydrogen-bond acceptors (Lipinski definition) is 3. The maximum atomic E-state index is 11.9. The van der Waals surface area contributed by atoms with Gasteiger partial charge in [0, 0.05) is 11.8 Å². The van der Waals surface area contributed by atoms with Gasteiger partial charge in [-0.3, -0.25) is 0 Å². The summed E-state index contributed by atoms with van der Waals surface area (Å²) in [7, 11) is 0. The lowest BCUT2D eigenvalue weighted by Crippen LogP contribution is -2.42. The summed E-state index contributed by atoms with van der Waals surface area (Å²) in [4.78, 5) is 11.9. The van der Waals surface area contributed by atoms with Crippen molar-refractivity contribution in [1.82, 2.24) is 0 Å². The molecule has 1 aliphatic heterocycles. The van der Waals surface area contributed by atoms with Crippen molar-refractivity contribution in [2.75, 3.05) is 0 Å². The lowest BCUT2D eigenvalue weighted by Gasteiger charge is -2.36. The topological polar surface area (TPSA) is 35.5 Å². The van der Waals surface area contributed by atoms with E-state index < -0.39 is 6.10 Å². The Balaban J connectivity index is 2.62. The Morgan fingerprint density at radius 1 is 1.33 bits per heavy atom. The van der Waals surface area contributed by atoms with E-state index in [2.05, 4.69) is 13.8 Å². The standard InChI is InChI=1S/C14H25ClO3/c1-5-10(6-2)12-7-11(15)8-13(18-12)14(16)17-9(3)4/h9-13H,5-8H2,1-4H3/t11-,12-,13+/m1/s1. The van der Waals surface area contributed by atoms with Crippen LogP contribution in [0.25, 0.3) is 0 Å². The molecule has 0 radical (unpaired) electrons. The zero-order valence-corrected chi connectivity index (χ0v) is 12.6. The van der Waals surface area contributed by atoms with E-state index in [1.54, 1.807) is 0 Å². The van der Waals surface area contributed by atoms with Crippen LogP contribution in [-0.2, 0) is 14.3 Å². The molecule has 0 aromatic heterocycles. The number of halogens is 1. The van der Waals surface area contributed by atoms with Crippen LogP contribution in [0.2, 0.25) is 0 Å². The van der Waals surface area contributed by atoms with E-state index in [-0.39, 0.29) is 23.6 Å². The number of esters is 1. The molecule has 1 fully saturated rings. The lowest BCUT2D eigenvalue weighted by molar-refractivity contribution is -0.172. The molecule has 0 aromatic carbocycles. The van der Waals surface area contributed by atoms with Gasteiger partial charge in [-0.1, -0.05) is 26.7 Å². The van der Waals surface area contributed by atoms with Gasteiger partial charge in [0.15, 0.2) is 6.10 Å². The molecule has 3 nitrogen and oxygen atoms in total. The Morgan fingerprint density at radius 3 is 2.44 bits per heavy atom. The van der Waals surface area contributed by atoms with Crippen LogP contribution >= 0.6 is 11.6 Å². The second kappa shape index (κ2) is 7.34. The number of carbonyl (C=O) groups is 1. The van der Waals surface area contributed by atoms with Gasteiger partial charge >= 0.3 is 5.97 Å². The van der Waals surface area contributed by atoms with Crippen molar-refractivity contribution in [3.05, 3.63) is 0 Å². The second-order valence-corrected chi connectivity index (χ2v) is 5.91. The van der Waals surface area contributed by atoms with Crippen molar-refractivity contribution in [2.24, 2.45) is 5.92 Å². The van der Waals surface area contributed by atoms with Crippen LogP contribution in [-0.4, -0.2) is 29.7 Å². The van der Waals surface area contributed by atoms with Gasteiger partial charge in [-0.2, -0.15) is 0 Å². The van der Waals surface area contributed by atoms with Gasteiger partial charge in [0.25, 0.3) is 0 Å². The third kappa shape index (κ3) is 4.43. The van der Waals surface area contributed by atoms with Crippen LogP contribution in [0.4, 0.5) is 0 Å². The first-order valence-corrected chi connectivity index (χ1v) is 7.41. The maximum absolute atomic E-state index is 11.9. The van der Waals surface area contributed by atoms with E-state index in [1.807, 2.05) is 13.8 Å². The third-order valence-electron chi connectivity index (χ3n) is 3.49. The Bertz CT molecular complexity index is 264. The molecule has 3 atom stereocenters. The van der Waals surface area contributed by atoms with E-state index in [0.29, 0.717) is 12.3 Å². The molecule has 1 saturated heterocycles. The summed E-state index contributed by atoms with van der Waals surface area (Å²) in [5.41, 5.74) is 0. The number of hydrogen-bond donors (Lipinski definition) is 0. The van der Waals surface area contributed by atoms with Crippen LogP contribution in [0, 0.1) is 5.92 Å². The molecule has 0 amide bonds. The van der Waals surface area contributed by atoms with Crippen molar-refractivity contribution in [3.8, 4) is 0 Å². The van der Waals surface area contributed by atoms with Gasteiger partial charge in [0.1, 0.15) is 0 Å². The highest BCUT2D eigenvalue weighted by molar-refractivity contribution is 6.20. The monoisotopic (exact) mass is 276 g/mol. The Morgan fingerprint density at radius 2 is 1.94 bits per heavy atom. The zero-order valence-electron chi connectivity index (χ0n) is 11.8. The zero-order chi connectivity index (χ0) is 13.7. The maximum Gasteiger partial charge on any atom is 0.335 e. The van der Waals surface area contributed by atoms with E-state index in [1.165, 1.54) is 0 Å². The van der Waals surface area contributed by atoms with Crippen LogP contribution < -0.4 is 0 Å². The SMILES string of the molecule is CCC(CC)[C@H]1C[C@@H](Cl)C[C@@H](C(=O)OC(C)C)O1. The lowest BCUT2D eigenvalue weighted by atomic mass is 9.89. The summed E-state index contributed by atoms with van der Waals surface area (Å²) in [5.74, 6) is 0.201. The minimum Gasteiger partial charge on any atom is -0.461 e. The first kappa shape index (κ1) is 15.8. The highest BCUT2D eigenvalue weighted by Gasteiger charge is 2.36. The van der Waals surface area contributed by atoms with E-state index >= 15 is 0 Å². The first-order valence-electron chi connectivity index (χ1n) is 6.97. The average molecular weight is 277 g/mol. The van der Waals surface area contributed by atoms with Crippen LogP contribution in [0.1, 0.15) is 53.4 Å². The highest BCUT2D eigenvalue weighted by Crippen LogP contribution is 2.31. The van der Waals surface area contributed by atoms with Crippen molar-refractivity contribution >= 4 is 17.6 Å². The fourth-order valence-corrected chi connectivity index (χ4v) is 2.82. The van der Waals surface area contributed by atoms with Gasteiger partial charge in [-0.05, 0) is 26.2 Å². The molecule has 0 aliphatic carbocycles. The fourth-order valence-electron chi connectivity index (χ4n) is 2.48. The molecule has 0 saturated carbocycles. The Labute approximate surface area is 115 Å². The minimum absolute atomic E-state index is 0.00839. The van der Waals surface area contributed by atoms with E-state index in [0.717, 1.165) is 19.3 Å². The first-order chi connectivity index (χ1) is 8.47. The van der Waals surface area contributed by atoms with Crippen LogP contribution in [0.15, 0.2) is 0 Å². The molecule has 4 heteroatoms. The number of rotatable bonds is 5. The smallest absolute Gasteiger partial charge is 0.335 e. The molecule has 0 spiro atoms. The third-order valence-corrected chi connectivity index (χ3v) is 3.84. The highest BCUT2D eigenvalue weighted by atomic mass is 35.5. The Hall–Kier alpha value is -0.280. The fraction of sp³-hybridized carbons (Fsp3) is 0.929. The molecule has 0 N–H and O–H groups in total. The second-order valence-electron chi connectivity index (χ2n) is 5.29. The normalized spacial score (nSPS) is 28.7. The summed E-state index contributed by atoms with van der Waals surface area (Å²) in [6, 6.07) is 0. The summed E-state index contributed by atoms with van der Waals surface area (Å²) in [6.07, 6.45) is 2.98. The van der Waals surface area contributed by atoms with Gasteiger partial charge in [0.2, 0.25) is 0 Å². The summed E-state index contributed by atoms with van der Waals surface area (Å²) in [5, 5.41) is 0.00839. The van der Waals surface area contributed by atoms with Crippen molar-refractivity contribution in [1.29, 1.82) is 0 Å². The molecule has 1 heterocycles. The number of ether oxygens (including phenoxy) is 2. The molecule has 0 aromatic rings. The molecule has 1 rings (SSSR count). The molecule has 0 bridgehead atoms. The molecule has 0 unspecified atom stereocenters. The van der Waals surface area contributed by atoms with Crippen LogP contribution in [0.3, 0.4) is 0 Å². The quantitative estimate of drug-likeness (QED) is 0.569. The predicted octanol–water partition coefficient (Wildman–Crippen LogP) is 3.53. The summed E-state index contributed by atoms with van der Waals surface area (Å²) < 4.78 is 11.1. The predicted molar refractivity (Wildman–Crippen MR) is 72.8 cm³/mol. The average Bonchev–Trinajstić information content (AvgIpc) is 2.29. The molecule has 18 heavy (non-hydrogen) atoms. The van der Waals surface area contributed by atoms with E-state index in [9.17, 15) is 4.79 Å². The van der Waals surface area contributed by atoms with Gasteiger partial charge < -0.3 is 9.47 Å². The minimum atomic E-state index is -0.491. The van der Waals surface area contributed by atoms with Crippen molar-refractivity contribution in [3.63, 3.8) is 0 Å². The van der Waals surface area contributed by atoms with E-state index in [4.69, 9.17) is 21.1 Å². The summed E-state index contributed by atoms with van der Waals surface area (Å²) in [6.45, 7) is 7.99. The summed E-state index contributed by atoms with van der Waals surface area (Å²) >= 11 is 6.26. The largest absolute Gasteiger partial charge is 0.461 e. The molecule has 106 valence electrons. The van der Waals surface area contributed by atoms with Crippen molar-refractivity contribution in [2.45, 2.75) is 77.1 Å². The molecular weight excluding hydrogens is 252 g/mol.